The molecular formula is C41H44F2N4. The molecule has 2 aromatic heterocycles. The molecule has 0 radical (unpaired) electrons. The largest absolute Gasteiger partial charge is 0.364 e. The molecule has 0 atom stereocenters. The summed E-state index contributed by atoms with van der Waals surface area (Å²) in [5.41, 5.74) is 15.0. The number of likely N-dealkylation sites (tertiary alicyclic amines) is 1. The molecule has 6 heteroatoms. The van der Waals surface area contributed by atoms with Gasteiger partial charge in [0.2, 0.25) is 0 Å². The molecule has 0 unspecified atom stereocenters. The molecule has 0 aliphatic carbocycles. The summed E-state index contributed by atoms with van der Waals surface area (Å²) in [5, 5.41) is 0. The summed E-state index contributed by atoms with van der Waals surface area (Å²) in [6.45, 7) is 16.1. The number of anilines is 1. The number of piperidine rings is 1. The highest BCUT2D eigenvalue weighted by Gasteiger charge is 2.26. The van der Waals surface area contributed by atoms with Crippen LogP contribution in [0.1, 0.15) is 57.3 Å². The van der Waals surface area contributed by atoms with Crippen LogP contribution in [0.5, 0.6) is 0 Å². The number of hydrogen-bond acceptors (Lipinski definition) is 4. The average molecular weight is 631 g/mol. The molecule has 0 amide bonds. The van der Waals surface area contributed by atoms with Crippen molar-refractivity contribution in [2.75, 3.05) is 18.0 Å². The van der Waals surface area contributed by atoms with Gasteiger partial charge in [0.1, 0.15) is 0 Å². The predicted molar refractivity (Wildman–Crippen MR) is 189 cm³/mol. The maximum absolute atomic E-state index is 14.5. The van der Waals surface area contributed by atoms with Gasteiger partial charge < -0.3 is 4.90 Å². The van der Waals surface area contributed by atoms with Gasteiger partial charge in [-0.2, -0.15) is 0 Å². The molecule has 0 saturated carbocycles. The second-order valence-corrected chi connectivity index (χ2v) is 13.3. The van der Waals surface area contributed by atoms with Crippen LogP contribution >= 0.6 is 0 Å². The number of pyridine rings is 2. The SMILES string of the molecule is Cc1cc(-c2cncc(CN(c3ccc(F)c(F)c3)C3CCN(Cc4ccnc(-c5cc(C)c(C)c(C)c5)c4)CC3)c2)cc(C)c1C. The fourth-order valence-electron chi connectivity index (χ4n) is 6.79. The van der Waals surface area contributed by atoms with Gasteiger partial charge in [-0.3, -0.25) is 14.9 Å². The zero-order chi connectivity index (χ0) is 33.2. The fraction of sp³-hybridized carbons (Fsp3) is 0.317. The number of hydrogen-bond donors (Lipinski definition) is 0. The van der Waals surface area contributed by atoms with Crippen LogP contribution in [0.15, 0.2) is 79.3 Å². The lowest BCUT2D eigenvalue weighted by molar-refractivity contribution is 0.201. The number of aromatic nitrogens is 2. The molecule has 242 valence electrons. The van der Waals surface area contributed by atoms with Crippen molar-refractivity contribution in [3.63, 3.8) is 0 Å². The number of benzene rings is 3. The van der Waals surface area contributed by atoms with Crippen LogP contribution in [-0.4, -0.2) is 34.0 Å². The molecule has 6 rings (SSSR count). The minimum Gasteiger partial charge on any atom is -0.364 e. The maximum atomic E-state index is 14.5. The quantitative estimate of drug-likeness (QED) is 0.171. The molecule has 0 N–H and O–H groups in total. The monoisotopic (exact) mass is 630 g/mol. The number of aryl methyl sites for hydroxylation is 4. The van der Waals surface area contributed by atoms with Gasteiger partial charge in [0.15, 0.2) is 11.6 Å². The average Bonchev–Trinajstić information content (AvgIpc) is 3.06. The van der Waals surface area contributed by atoms with Crippen LogP contribution in [0, 0.1) is 53.2 Å². The minimum atomic E-state index is -0.829. The summed E-state index contributed by atoms with van der Waals surface area (Å²) in [5.74, 6) is -1.65. The Hall–Kier alpha value is -4.42. The van der Waals surface area contributed by atoms with Gasteiger partial charge in [-0.1, -0.05) is 12.1 Å². The Bertz CT molecular complexity index is 1860. The van der Waals surface area contributed by atoms with Gasteiger partial charge >= 0.3 is 0 Å². The van der Waals surface area contributed by atoms with Crippen molar-refractivity contribution in [1.82, 2.24) is 14.9 Å². The summed E-state index contributed by atoms with van der Waals surface area (Å²) in [7, 11) is 0. The van der Waals surface area contributed by atoms with Crippen LogP contribution in [0.25, 0.3) is 22.4 Å². The normalized spacial score (nSPS) is 14.0. The third kappa shape index (κ3) is 7.28. The summed E-state index contributed by atoms with van der Waals surface area (Å²) in [6, 6.07) is 19.8. The fourth-order valence-corrected chi connectivity index (χ4v) is 6.79. The van der Waals surface area contributed by atoms with Crippen LogP contribution in [0.3, 0.4) is 0 Å². The Kier molecular flexibility index (Phi) is 9.51. The molecular weight excluding hydrogens is 586 g/mol. The molecule has 4 nitrogen and oxygen atoms in total. The third-order valence-corrected chi connectivity index (χ3v) is 10.1. The standard InChI is InChI=1S/C41H44F2N4/c1-26-15-34(16-27(2)30(26)5)36-19-33(22-44-23-36)25-47(38-7-8-39(42)40(43)21-38)37-10-13-46(14-11-37)24-32-9-12-45-41(20-32)35-17-28(3)31(6)29(4)18-35/h7-9,12,15-23,37H,10-11,13-14,24-25H2,1-6H3. The van der Waals surface area contributed by atoms with Gasteiger partial charge in [-0.25, -0.2) is 8.78 Å². The van der Waals surface area contributed by atoms with Gasteiger partial charge in [0.25, 0.3) is 0 Å². The lowest BCUT2D eigenvalue weighted by atomic mass is 9.96. The zero-order valence-electron chi connectivity index (χ0n) is 28.4. The Morgan fingerprint density at radius 2 is 1.32 bits per heavy atom. The number of nitrogens with zero attached hydrogens (tertiary/aromatic N) is 4. The van der Waals surface area contributed by atoms with Crippen molar-refractivity contribution in [2.45, 2.75) is 73.5 Å². The van der Waals surface area contributed by atoms with Gasteiger partial charge in [-0.05, 0) is 147 Å². The van der Waals surface area contributed by atoms with E-state index in [-0.39, 0.29) is 6.04 Å². The van der Waals surface area contributed by atoms with Gasteiger partial charge in [-0.15, -0.1) is 0 Å². The van der Waals surface area contributed by atoms with E-state index in [4.69, 9.17) is 0 Å². The second-order valence-electron chi connectivity index (χ2n) is 13.3. The van der Waals surface area contributed by atoms with E-state index < -0.39 is 11.6 Å². The highest BCUT2D eigenvalue weighted by atomic mass is 19.2. The van der Waals surface area contributed by atoms with Crippen molar-refractivity contribution in [3.05, 3.63) is 135 Å². The molecule has 3 aromatic carbocycles. The highest BCUT2D eigenvalue weighted by molar-refractivity contribution is 5.66. The first kappa shape index (κ1) is 32.5. The lowest BCUT2D eigenvalue weighted by Crippen LogP contribution is -2.44. The molecule has 1 aliphatic rings. The van der Waals surface area contributed by atoms with Crippen molar-refractivity contribution < 1.29 is 8.78 Å². The molecule has 1 saturated heterocycles. The smallest absolute Gasteiger partial charge is 0.160 e. The number of halogens is 2. The molecule has 1 fully saturated rings. The molecule has 5 aromatic rings. The zero-order valence-corrected chi connectivity index (χ0v) is 28.4. The third-order valence-electron chi connectivity index (χ3n) is 10.1. The van der Waals surface area contributed by atoms with Crippen molar-refractivity contribution in [2.24, 2.45) is 0 Å². The van der Waals surface area contributed by atoms with Crippen LogP contribution in [-0.2, 0) is 13.1 Å². The van der Waals surface area contributed by atoms with E-state index in [2.05, 4.69) is 104 Å². The first-order valence-electron chi connectivity index (χ1n) is 16.5. The van der Waals surface area contributed by atoms with E-state index >= 15 is 0 Å². The summed E-state index contributed by atoms with van der Waals surface area (Å²) < 4.78 is 28.5. The van der Waals surface area contributed by atoms with E-state index in [1.165, 1.54) is 51.1 Å². The van der Waals surface area contributed by atoms with E-state index in [9.17, 15) is 8.78 Å². The van der Waals surface area contributed by atoms with Gasteiger partial charge in [0.05, 0.1) is 5.69 Å². The van der Waals surface area contributed by atoms with Crippen LogP contribution < -0.4 is 4.90 Å². The molecule has 1 aliphatic heterocycles. The van der Waals surface area contributed by atoms with E-state index in [1.54, 1.807) is 6.07 Å². The summed E-state index contributed by atoms with van der Waals surface area (Å²) in [6.07, 6.45) is 7.53. The molecule has 0 spiro atoms. The Balaban J connectivity index is 1.19. The van der Waals surface area contributed by atoms with E-state index in [1.807, 2.05) is 18.6 Å². The highest BCUT2D eigenvalue weighted by Crippen LogP contribution is 2.31. The maximum Gasteiger partial charge on any atom is 0.160 e. The van der Waals surface area contributed by atoms with Crippen molar-refractivity contribution >= 4 is 5.69 Å². The van der Waals surface area contributed by atoms with E-state index in [0.29, 0.717) is 12.2 Å². The molecule has 3 heterocycles. The summed E-state index contributed by atoms with van der Waals surface area (Å²) >= 11 is 0. The Labute approximate surface area is 278 Å². The predicted octanol–water partition coefficient (Wildman–Crippen LogP) is 9.61. The number of rotatable bonds is 8. The van der Waals surface area contributed by atoms with Gasteiger partial charge in [0, 0.05) is 73.7 Å². The van der Waals surface area contributed by atoms with E-state index in [0.717, 1.165) is 60.4 Å². The topological polar surface area (TPSA) is 32.3 Å². The van der Waals surface area contributed by atoms with Crippen LogP contribution in [0.4, 0.5) is 14.5 Å². The second kappa shape index (κ2) is 13.7. The Morgan fingerprint density at radius 3 is 1.96 bits per heavy atom. The first-order valence-corrected chi connectivity index (χ1v) is 16.5. The molecule has 47 heavy (non-hydrogen) atoms. The Morgan fingerprint density at radius 1 is 0.681 bits per heavy atom. The first-order chi connectivity index (χ1) is 22.5. The molecule has 0 bridgehead atoms. The van der Waals surface area contributed by atoms with Crippen molar-refractivity contribution in [3.8, 4) is 22.4 Å². The minimum absolute atomic E-state index is 0.176. The summed E-state index contributed by atoms with van der Waals surface area (Å²) in [4.78, 5) is 14.0. The lowest BCUT2D eigenvalue weighted by Gasteiger charge is -2.40. The van der Waals surface area contributed by atoms with Crippen LogP contribution in [0.2, 0.25) is 0 Å². The van der Waals surface area contributed by atoms with Crippen molar-refractivity contribution in [1.29, 1.82) is 0 Å².